The molecule has 0 N–H and O–H groups in total. The average Bonchev–Trinajstić information content (AvgIpc) is 2.83. The Balaban J connectivity index is 1.30. The van der Waals surface area contributed by atoms with E-state index in [2.05, 4.69) is 6.58 Å². The smallest absolute Gasteiger partial charge is 0.339 e. The third kappa shape index (κ3) is 4.55. The van der Waals surface area contributed by atoms with Gasteiger partial charge >= 0.3 is 5.63 Å². The first kappa shape index (κ1) is 23.1. The number of likely N-dealkylation sites (tertiary alicyclic amines) is 1. The highest BCUT2D eigenvalue weighted by Crippen LogP contribution is 2.35. The SMILES string of the molecule is C=C(C)COc1ccc2c(C)c(CCC(=O)N3C[C@@H]4C[C@H](C3)c3cccc(=O)n3C4)c(=O)oc2c1. The summed E-state index contributed by atoms with van der Waals surface area (Å²) in [6.07, 6.45) is 1.58. The van der Waals surface area contributed by atoms with Gasteiger partial charge in [-0.05, 0) is 61.9 Å². The zero-order valence-electron chi connectivity index (χ0n) is 20.2. The number of aryl methyl sites for hydroxylation is 1. The van der Waals surface area contributed by atoms with E-state index in [-0.39, 0.29) is 29.7 Å². The molecular weight excluding hydrogens is 444 g/mol. The Labute approximate surface area is 203 Å². The van der Waals surface area contributed by atoms with Crippen LogP contribution in [-0.2, 0) is 17.8 Å². The molecule has 2 aliphatic heterocycles. The first-order chi connectivity index (χ1) is 16.8. The lowest BCUT2D eigenvalue weighted by atomic mass is 9.83. The molecule has 7 nitrogen and oxygen atoms in total. The van der Waals surface area contributed by atoms with Gasteiger partial charge in [0.25, 0.3) is 5.56 Å². The van der Waals surface area contributed by atoms with Crippen LogP contribution in [0.1, 0.15) is 42.5 Å². The molecule has 0 saturated carbocycles. The van der Waals surface area contributed by atoms with Gasteiger partial charge in [0.05, 0.1) is 0 Å². The van der Waals surface area contributed by atoms with Crippen LogP contribution in [0.3, 0.4) is 0 Å². The lowest BCUT2D eigenvalue weighted by Gasteiger charge is -2.42. The summed E-state index contributed by atoms with van der Waals surface area (Å²) in [7, 11) is 0. The zero-order valence-corrected chi connectivity index (χ0v) is 20.2. The van der Waals surface area contributed by atoms with Gasteiger partial charge in [0.15, 0.2) is 0 Å². The molecule has 5 rings (SSSR count). The fourth-order valence-electron chi connectivity index (χ4n) is 5.45. The first-order valence-electron chi connectivity index (χ1n) is 12.1. The van der Waals surface area contributed by atoms with Crippen LogP contribution in [0.25, 0.3) is 11.0 Å². The molecule has 0 spiro atoms. The van der Waals surface area contributed by atoms with Crippen LogP contribution in [0, 0.1) is 12.8 Å². The standard InChI is InChI=1S/C28H30N2O5/c1-17(2)16-34-21-7-8-22-18(3)23(28(33)35-25(22)12-21)9-10-26(31)29-13-19-11-20(15-29)24-5-4-6-27(32)30(24)14-19/h4-8,12,19-20H,1,9-11,13-16H2,2-3H3/t19-,20+/m0/s1. The highest BCUT2D eigenvalue weighted by Gasteiger charge is 2.36. The number of benzene rings is 1. The van der Waals surface area contributed by atoms with Gasteiger partial charge in [0.2, 0.25) is 5.91 Å². The monoisotopic (exact) mass is 474 g/mol. The molecule has 2 bridgehead atoms. The second-order valence-corrected chi connectivity index (χ2v) is 9.89. The molecule has 2 aliphatic rings. The van der Waals surface area contributed by atoms with Crippen molar-refractivity contribution < 1.29 is 13.9 Å². The molecule has 2 atom stereocenters. The fraction of sp³-hybridized carbons (Fsp3) is 0.393. The number of fused-ring (bicyclic) bond motifs is 5. The number of hydrogen-bond donors (Lipinski definition) is 0. The van der Waals surface area contributed by atoms with Crippen molar-refractivity contribution in [1.82, 2.24) is 9.47 Å². The van der Waals surface area contributed by atoms with E-state index in [4.69, 9.17) is 9.15 Å². The van der Waals surface area contributed by atoms with Gasteiger partial charge in [-0.2, -0.15) is 0 Å². The van der Waals surface area contributed by atoms with E-state index in [9.17, 15) is 14.4 Å². The van der Waals surface area contributed by atoms with Crippen LogP contribution in [0.15, 0.2) is 62.6 Å². The number of carbonyl (C=O) groups is 1. The van der Waals surface area contributed by atoms with Crippen molar-refractivity contribution in [2.24, 2.45) is 5.92 Å². The van der Waals surface area contributed by atoms with Gasteiger partial charge in [-0.15, -0.1) is 0 Å². The number of hydrogen-bond acceptors (Lipinski definition) is 5. The van der Waals surface area contributed by atoms with Crippen molar-refractivity contribution in [2.45, 2.75) is 45.6 Å². The summed E-state index contributed by atoms with van der Waals surface area (Å²) in [6.45, 7) is 9.92. The third-order valence-corrected chi connectivity index (χ3v) is 7.17. The minimum atomic E-state index is -0.413. The van der Waals surface area contributed by atoms with E-state index >= 15 is 0 Å². The zero-order chi connectivity index (χ0) is 24.7. The molecule has 1 aromatic carbocycles. The summed E-state index contributed by atoms with van der Waals surface area (Å²) in [5.41, 5.74) is 3.38. The van der Waals surface area contributed by atoms with E-state index in [0.717, 1.165) is 28.6 Å². The second kappa shape index (κ2) is 9.21. The molecular formula is C28H30N2O5. The quantitative estimate of drug-likeness (QED) is 0.401. The van der Waals surface area contributed by atoms with Crippen molar-refractivity contribution >= 4 is 16.9 Å². The Bertz CT molecular complexity index is 1430. The summed E-state index contributed by atoms with van der Waals surface area (Å²) in [5, 5.41) is 0.837. The fourth-order valence-corrected chi connectivity index (χ4v) is 5.45. The van der Waals surface area contributed by atoms with Crippen molar-refractivity contribution in [3.63, 3.8) is 0 Å². The minimum Gasteiger partial charge on any atom is -0.489 e. The number of rotatable bonds is 6. The molecule has 1 saturated heterocycles. The first-order valence-corrected chi connectivity index (χ1v) is 12.1. The topological polar surface area (TPSA) is 81.8 Å². The third-order valence-electron chi connectivity index (χ3n) is 7.17. The van der Waals surface area contributed by atoms with E-state index < -0.39 is 5.63 Å². The van der Waals surface area contributed by atoms with Crippen LogP contribution in [0.2, 0.25) is 0 Å². The predicted molar refractivity (Wildman–Crippen MR) is 134 cm³/mol. The number of amides is 1. The van der Waals surface area contributed by atoms with E-state index in [1.165, 1.54) is 0 Å². The molecule has 4 heterocycles. The minimum absolute atomic E-state index is 0.0324. The van der Waals surface area contributed by atoms with Crippen LogP contribution in [0.5, 0.6) is 5.75 Å². The molecule has 0 radical (unpaired) electrons. The maximum absolute atomic E-state index is 13.1. The van der Waals surface area contributed by atoms with Crippen LogP contribution in [-0.4, -0.2) is 35.1 Å². The molecule has 1 amide bonds. The number of pyridine rings is 1. The largest absolute Gasteiger partial charge is 0.489 e. The average molecular weight is 475 g/mol. The summed E-state index contributed by atoms with van der Waals surface area (Å²) in [6, 6.07) is 10.8. The summed E-state index contributed by atoms with van der Waals surface area (Å²) >= 11 is 0. The Kier molecular flexibility index (Phi) is 6.09. The van der Waals surface area contributed by atoms with E-state index in [0.29, 0.717) is 49.6 Å². The van der Waals surface area contributed by atoms with Crippen molar-refractivity contribution in [1.29, 1.82) is 0 Å². The molecule has 0 aliphatic carbocycles. The van der Waals surface area contributed by atoms with Gasteiger partial charge in [-0.25, -0.2) is 4.79 Å². The molecule has 35 heavy (non-hydrogen) atoms. The highest BCUT2D eigenvalue weighted by molar-refractivity contribution is 5.83. The lowest BCUT2D eigenvalue weighted by Crippen LogP contribution is -2.49. The van der Waals surface area contributed by atoms with Crippen molar-refractivity contribution in [3.05, 3.63) is 86.1 Å². The molecule has 7 heteroatoms. The van der Waals surface area contributed by atoms with Gasteiger partial charge < -0.3 is 18.6 Å². The van der Waals surface area contributed by atoms with Gasteiger partial charge in [-0.3, -0.25) is 9.59 Å². The number of ether oxygens (including phenoxy) is 1. The van der Waals surface area contributed by atoms with Crippen molar-refractivity contribution in [3.8, 4) is 5.75 Å². The van der Waals surface area contributed by atoms with E-state index in [1.807, 2.05) is 41.5 Å². The summed E-state index contributed by atoms with van der Waals surface area (Å²) in [5.74, 6) is 1.10. The number of carbonyl (C=O) groups excluding carboxylic acids is 1. The van der Waals surface area contributed by atoms with E-state index in [1.54, 1.807) is 18.2 Å². The maximum Gasteiger partial charge on any atom is 0.339 e. The molecule has 1 fully saturated rings. The predicted octanol–water partition coefficient (Wildman–Crippen LogP) is 3.80. The lowest BCUT2D eigenvalue weighted by molar-refractivity contribution is -0.133. The maximum atomic E-state index is 13.1. The second-order valence-electron chi connectivity index (χ2n) is 9.89. The van der Waals surface area contributed by atoms with Gasteiger partial charge in [0.1, 0.15) is 17.9 Å². The van der Waals surface area contributed by atoms with Crippen molar-refractivity contribution in [2.75, 3.05) is 19.7 Å². The normalized spacial score (nSPS) is 18.9. The Morgan fingerprint density at radius 3 is 2.80 bits per heavy atom. The number of nitrogens with zero attached hydrogens (tertiary/aromatic N) is 2. The molecule has 0 unspecified atom stereocenters. The Morgan fingerprint density at radius 1 is 1.17 bits per heavy atom. The Hall–Kier alpha value is -3.61. The van der Waals surface area contributed by atoms with Crippen LogP contribution < -0.4 is 15.9 Å². The van der Waals surface area contributed by atoms with Crippen LogP contribution >= 0.6 is 0 Å². The van der Waals surface area contributed by atoms with Crippen LogP contribution in [0.4, 0.5) is 0 Å². The molecule has 182 valence electrons. The number of piperidine rings is 1. The Morgan fingerprint density at radius 2 is 2.00 bits per heavy atom. The summed E-state index contributed by atoms with van der Waals surface area (Å²) < 4.78 is 13.1. The molecule has 3 aromatic rings. The molecule has 2 aromatic heterocycles. The number of aromatic nitrogens is 1. The van der Waals surface area contributed by atoms with Gasteiger partial charge in [-0.1, -0.05) is 12.6 Å². The van der Waals surface area contributed by atoms with Gasteiger partial charge in [0, 0.05) is 60.7 Å². The summed E-state index contributed by atoms with van der Waals surface area (Å²) in [4.78, 5) is 40.1. The highest BCUT2D eigenvalue weighted by atomic mass is 16.5.